The van der Waals surface area contributed by atoms with Crippen LogP contribution in [0.5, 0.6) is 0 Å². The Labute approximate surface area is 160 Å². The minimum atomic E-state index is -0.189. The quantitative estimate of drug-likeness (QED) is 0.735. The molecule has 0 bridgehead atoms. The molecule has 2 fully saturated rings. The molecule has 3 N–H and O–H groups in total. The lowest BCUT2D eigenvalue weighted by molar-refractivity contribution is -0.128. The van der Waals surface area contributed by atoms with Crippen molar-refractivity contribution in [3.05, 3.63) is 29.3 Å². The van der Waals surface area contributed by atoms with Crippen LogP contribution < -0.4 is 16.0 Å². The van der Waals surface area contributed by atoms with Crippen molar-refractivity contribution >= 4 is 17.5 Å². The minimum Gasteiger partial charge on any atom is -0.376 e. The van der Waals surface area contributed by atoms with Gasteiger partial charge in [0.1, 0.15) is 0 Å². The Hall–Kier alpha value is -1.92. The molecule has 2 heterocycles. The molecular weight excluding hydrogens is 342 g/mol. The number of fused-ring (bicyclic) bond motifs is 1. The molecule has 1 aliphatic carbocycles. The highest BCUT2D eigenvalue weighted by molar-refractivity contribution is 5.93. The van der Waals surface area contributed by atoms with E-state index in [4.69, 9.17) is 4.74 Å². The topological polar surface area (TPSA) is 79.5 Å². The summed E-state index contributed by atoms with van der Waals surface area (Å²) in [4.78, 5) is 25.2. The van der Waals surface area contributed by atoms with Crippen LogP contribution in [0.2, 0.25) is 0 Å². The SMILES string of the molecule is O=C(NCC1CCCO1)[C@@H]1CNC[C@H](C(=O)Nc2ccc3c(c2)CCC3)C1. The number of aryl methyl sites for hydroxylation is 2. The number of carbonyl (C=O) groups is 2. The van der Waals surface area contributed by atoms with Gasteiger partial charge in [-0.1, -0.05) is 6.07 Å². The van der Waals surface area contributed by atoms with Gasteiger partial charge >= 0.3 is 0 Å². The average molecular weight is 371 g/mol. The summed E-state index contributed by atoms with van der Waals surface area (Å²) in [6.07, 6.45) is 6.23. The van der Waals surface area contributed by atoms with E-state index < -0.39 is 0 Å². The van der Waals surface area contributed by atoms with Crippen LogP contribution in [-0.4, -0.2) is 44.2 Å². The number of amides is 2. The van der Waals surface area contributed by atoms with Crippen molar-refractivity contribution in [3.63, 3.8) is 0 Å². The van der Waals surface area contributed by atoms with Crippen LogP contribution in [0.15, 0.2) is 18.2 Å². The van der Waals surface area contributed by atoms with Gasteiger partial charge in [0.05, 0.1) is 17.9 Å². The average Bonchev–Trinajstić information content (AvgIpc) is 3.37. The molecule has 2 aliphatic heterocycles. The van der Waals surface area contributed by atoms with Gasteiger partial charge in [0.2, 0.25) is 11.8 Å². The van der Waals surface area contributed by atoms with E-state index in [-0.39, 0.29) is 29.8 Å². The molecule has 0 spiro atoms. The first-order valence-electron chi connectivity index (χ1n) is 10.2. The van der Waals surface area contributed by atoms with Crippen molar-refractivity contribution in [3.8, 4) is 0 Å². The van der Waals surface area contributed by atoms with Gasteiger partial charge in [0, 0.05) is 31.9 Å². The van der Waals surface area contributed by atoms with Crippen molar-refractivity contribution < 1.29 is 14.3 Å². The molecular formula is C21H29N3O3. The Balaban J connectivity index is 1.29. The Bertz CT molecular complexity index is 700. The van der Waals surface area contributed by atoms with Crippen LogP contribution in [0.4, 0.5) is 5.69 Å². The number of piperidine rings is 1. The molecule has 0 saturated carbocycles. The van der Waals surface area contributed by atoms with E-state index in [0.717, 1.165) is 38.0 Å². The fourth-order valence-electron chi connectivity index (χ4n) is 4.40. The number of benzene rings is 1. The van der Waals surface area contributed by atoms with Gasteiger partial charge in [-0.05, 0) is 61.8 Å². The van der Waals surface area contributed by atoms with Gasteiger partial charge in [-0.15, -0.1) is 0 Å². The highest BCUT2D eigenvalue weighted by Crippen LogP contribution is 2.26. The van der Waals surface area contributed by atoms with Gasteiger partial charge < -0.3 is 20.7 Å². The van der Waals surface area contributed by atoms with Crippen LogP contribution in [0.3, 0.4) is 0 Å². The molecule has 1 unspecified atom stereocenters. The highest BCUT2D eigenvalue weighted by atomic mass is 16.5. The van der Waals surface area contributed by atoms with Crippen LogP contribution in [0.25, 0.3) is 0 Å². The highest BCUT2D eigenvalue weighted by Gasteiger charge is 2.31. The second-order valence-corrected chi connectivity index (χ2v) is 7.99. The van der Waals surface area contributed by atoms with Gasteiger partial charge in [0.25, 0.3) is 0 Å². The Morgan fingerprint density at radius 2 is 1.89 bits per heavy atom. The first-order chi connectivity index (χ1) is 13.2. The predicted octanol–water partition coefficient (Wildman–Crippen LogP) is 1.63. The monoisotopic (exact) mass is 371 g/mol. The summed E-state index contributed by atoms with van der Waals surface area (Å²) >= 11 is 0. The zero-order chi connectivity index (χ0) is 18.6. The van der Waals surface area contributed by atoms with Crippen molar-refractivity contribution in [2.24, 2.45) is 11.8 Å². The van der Waals surface area contributed by atoms with E-state index >= 15 is 0 Å². The molecule has 0 aromatic heterocycles. The fraction of sp³-hybridized carbons (Fsp3) is 0.619. The molecule has 2 saturated heterocycles. The van der Waals surface area contributed by atoms with Crippen molar-refractivity contribution in [1.29, 1.82) is 0 Å². The minimum absolute atomic E-state index is 0.00271. The van der Waals surface area contributed by atoms with Gasteiger partial charge in [0.15, 0.2) is 0 Å². The van der Waals surface area contributed by atoms with E-state index in [0.29, 0.717) is 26.1 Å². The molecule has 4 rings (SSSR count). The van der Waals surface area contributed by atoms with E-state index in [1.165, 1.54) is 17.5 Å². The van der Waals surface area contributed by atoms with Crippen LogP contribution in [-0.2, 0) is 27.2 Å². The predicted molar refractivity (Wildman–Crippen MR) is 104 cm³/mol. The number of carbonyl (C=O) groups excluding carboxylic acids is 2. The van der Waals surface area contributed by atoms with Crippen LogP contribution >= 0.6 is 0 Å². The number of nitrogens with one attached hydrogen (secondary N) is 3. The number of ether oxygens (including phenoxy) is 1. The van der Waals surface area contributed by atoms with Crippen LogP contribution in [0, 0.1) is 11.8 Å². The summed E-state index contributed by atoms with van der Waals surface area (Å²) < 4.78 is 5.55. The fourth-order valence-corrected chi connectivity index (χ4v) is 4.40. The van der Waals surface area contributed by atoms with E-state index in [1.807, 2.05) is 6.07 Å². The maximum absolute atomic E-state index is 12.7. The van der Waals surface area contributed by atoms with E-state index in [9.17, 15) is 9.59 Å². The third kappa shape index (κ3) is 4.50. The Morgan fingerprint density at radius 1 is 1.07 bits per heavy atom. The lowest BCUT2D eigenvalue weighted by Gasteiger charge is -2.29. The molecule has 0 radical (unpaired) electrons. The molecule has 6 nitrogen and oxygen atoms in total. The zero-order valence-corrected chi connectivity index (χ0v) is 15.8. The summed E-state index contributed by atoms with van der Waals surface area (Å²) in [5.41, 5.74) is 3.61. The van der Waals surface area contributed by atoms with Gasteiger partial charge in [-0.2, -0.15) is 0 Å². The van der Waals surface area contributed by atoms with E-state index in [2.05, 4.69) is 28.1 Å². The smallest absolute Gasteiger partial charge is 0.228 e. The first-order valence-corrected chi connectivity index (χ1v) is 10.2. The number of rotatable bonds is 5. The maximum Gasteiger partial charge on any atom is 0.228 e. The molecule has 3 aliphatic rings. The number of hydrogen-bond acceptors (Lipinski definition) is 4. The molecule has 146 valence electrons. The first kappa shape index (κ1) is 18.4. The van der Waals surface area contributed by atoms with Crippen LogP contribution in [0.1, 0.15) is 36.8 Å². The summed E-state index contributed by atoms with van der Waals surface area (Å²) in [6.45, 7) is 2.60. The molecule has 1 aromatic rings. The maximum atomic E-state index is 12.7. The number of anilines is 1. The van der Waals surface area contributed by atoms with Crippen molar-refractivity contribution in [2.45, 2.75) is 44.6 Å². The molecule has 27 heavy (non-hydrogen) atoms. The zero-order valence-electron chi connectivity index (χ0n) is 15.8. The van der Waals surface area contributed by atoms with Gasteiger partial charge in [-0.3, -0.25) is 9.59 Å². The molecule has 6 heteroatoms. The standard InChI is InChI=1S/C21H29N3O3/c25-20(23-13-19-5-2-8-27-19)16-9-17(12-22-11-16)21(26)24-18-7-6-14-3-1-4-15(14)10-18/h6-7,10,16-17,19,22H,1-5,8-9,11-13H2,(H,23,25)(H,24,26)/t16-,17+,19?/m0/s1. The normalized spacial score (nSPS) is 27.2. The molecule has 1 aromatic carbocycles. The summed E-state index contributed by atoms with van der Waals surface area (Å²) in [5.74, 6) is -0.341. The second kappa shape index (κ2) is 8.40. The lowest BCUT2D eigenvalue weighted by atomic mass is 9.89. The third-order valence-corrected chi connectivity index (χ3v) is 5.99. The Kier molecular flexibility index (Phi) is 5.74. The summed E-state index contributed by atoms with van der Waals surface area (Å²) in [6, 6.07) is 6.21. The third-order valence-electron chi connectivity index (χ3n) is 5.99. The largest absolute Gasteiger partial charge is 0.376 e. The number of hydrogen-bond donors (Lipinski definition) is 3. The van der Waals surface area contributed by atoms with Crippen molar-refractivity contribution in [2.75, 3.05) is 31.6 Å². The Morgan fingerprint density at radius 3 is 2.70 bits per heavy atom. The van der Waals surface area contributed by atoms with E-state index in [1.54, 1.807) is 0 Å². The second-order valence-electron chi connectivity index (χ2n) is 7.99. The lowest BCUT2D eigenvalue weighted by Crippen LogP contribution is -2.48. The summed E-state index contributed by atoms with van der Waals surface area (Å²) in [7, 11) is 0. The van der Waals surface area contributed by atoms with Crippen molar-refractivity contribution in [1.82, 2.24) is 10.6 Å². The molecule has 2 amide bonds. The van der Waals surface area contributed by atoms with Gasteiger partial charge in [-0.25, -0.2) is 0 Å². The molecule has 3 atom stereocenters. The summed E-state index contributed by atoms with van der Waals surface area (Å²) in [5, 5.41) is 9.29.